The molecule has 0 fully saturated rings. The molecule has 0 saturated heterocycles. The van der Waals surface area contributed by atoms with E-state index in [-0.39, 0.29) is 33.8 Å². The van der Waals surface area contributed by atoms with Crippen molar-refractivity contribution in [2.24, 2.45) is 5.10 Å². The molecule has 0 atom stereocenters. The Bertz CT molecular complexity index is 1480. The molecule has 0 unspecified atom stereocenters. The molecule has 40 heavy (non-hydrogen) atoms. The first-order valence-electron chi connectivity index (χ1n) is 13.0. The molecule has 0 bridgehead atoms. The van der Waals surface area contributed by atoms with Gasteiger partial charge in [0.2, 0.25) is 5.91 Å². The quantitative estimate of drug-likeness (QED) is 0.160. The van der Waals surface area contributed by atoms with E-state index in [0.29, 0.717) is 22.2 Å². The van der Waals surface area contributed by atoms with Crippen molar-refractivity contribution in [3.05, 3.63) is 86.9 Å². The van der Waals surface area contributed by atoms with Crippen LogP contribution in [0.2, 0.25) is 0 Å². The lowest BCUT2D eigenvalue weighted by Crippen LogP contribution is -2.20. The lowest BCUT2D eigenvalue weighted by atomic mass is 9.78. The van der Waals surface area contributed by atoms with Gasteiger partial charge < -0.3 is 9.29 Å². The Labute approximate surface area is 245 Å². The van der Waals surface area contributed by atoms with Crippen molar-refractivity contribution in [3.8, 4) is 11.5 Å². The van der Waals surface area contributed by atoms with Crippen LogP contribution in [0.5, 0.6) is 11.5 Å². The van der Waals surface area contributed by atoms with E-state index in [2.05, 4.69) is 26.5 Å². The number of hydrazone groups is 1. The zero-order chi connectivity index (χ0) is 29.9. The molecule has 0 aliphatic carbocycles. The van der Waals surface area contributed by atoms with Gasteiger partial charge in [-0.2, -0.15) is 13.5 Å². The fourth-order valence-electron chi connectivity index (χ4n) is 4.04. The number of carbonyl (C=O) groups is 1. The van der Waals surface area contributed by atoms with Gasteiger partial charge in [-0.1, -0.05) is 87.3 Å². The van der Waals surface area contributed by atoms with Gasteiger partial charge in [0, 0.05) is 16.5 Å². The highest BCUT2D eigenvalue weighted by atomic mass is 79.9. The number of phenols is 1. The van der Waals surface area contributed by atoms with Crippen LogP contribution in [-0.4, -0.2) is 25.6 Å². The molecule has 3 aromatic rings. The molecule has 0 spiro atoms. The number of carbonyl (C=O) groups excluding carboxylic acids is 1. The van der Waals surface area contributed by atoms with Crippen LogP contribution in [0, 0.1) is 6.92 Å². The third-order valence-electron chi connectivity index (χ3n) is 6.30. The SMILES string of the molecule is Cc1ccc(S(=O)(=O)Oc2ccc(Br)cc2/C=N\NC(=O)CCc2cc(C(C)(C)C)c(O)c(C(C)(C)C)c2)cc1. The number of hydrogen-bond donors (Lipinski definition) is 2. The maximum Gasteiger partial charge on any atom is 0.339 e. The van der Waals surface area contributed by atoms with Crippen molar-refractivity contribution < 1.29 is 22.5 Å². The second kappa shape index (κ2) is 12.1. The molecule has 0 aromatic heterocycles. The van der Waals surface area contributed by atoms with Gasteiger partial charge >= 0.3 is 10.1 Å². The summed E-state index contributed by atoms with van der Waals surface area (Å²) in [6.07, 6.45) is 1.99. The van der Waals surface area contributed by atoms with Gasteiger partial charge in [-0.25, -0.2) is 5.43 Å². The van der Waals surface area contributed by atoms with Crippen molar-refractivity contribution >= 4 is 38.2 Å². The fraction of sp³-hybridized carbons (Fsp3) is 0.355. The fourth-order valence-corrected chi connectivity index (χ4v) is 5.37. The molecule has 214 valence electrons. The number of nitrogens with zero attached hydrogens (tertiary/aromatic N) is 1. The van der Waals surface area contributed by atoms with E-state index in [0.717, 1.165) is 22.3 Å². The number of benzene rings is 3. The van der Waals surface area contributed by atoms with Crippen LogP contribution in [-0.2, 0) is 32.2 Å². The summed E-state index contributed by atoms with van der Waals surface area (Å²) in [5.41, 5.74) is 5.93. The summed E-state index contributed by atoms with van der Waals surface area (Å²) >= 11 is 3.37. The number of nitrogens with one attached hydrogen (secondary N) is 1. The van der Waals surface area contributed by atoms with Gasteiger partial charge in [-0.05, 0) is 71.2 Å². The summed E-state index contributed by atoms with van der Waals surface area (Å²) in [5, 5.41) is 15.0. The molecule has 0 radical (unpaired) electrons. The van der Waals surface area contributed by atoms with E-state index >= 15 is 0 Å². The van der Waals surface area contributed by atoms with Crippen LogP contribution in [0.25, 0.3) is 0 Å². The molecule has 9 heteroatoms. The number of rotatable bonds is 8. The van der Waals surface area contributed by atoms with Crippen LogP contribution in [0.3, 0.4) is 0 Å². The highest BCUT2D eigenvalue weighted by Crippen LogP contribution is 2.40. The number of aromatic hydroxyl groups is 1. The first-order valence-corrected chi connectivity index (χ1v) is 15.2. The van der Waals surface area contributed by atoms with E-state index < -0.39 is 10.1 Å². The Balaban J connectivity index is 1.73. The highest BCUT2D eigenvalue weighted by Gasteiger charge is 2.26. The van der Waals surface area contributed by atoms with Gasteiger partial charge in [0.15, 0.2) is 5.75 Å². The Morgan fingerprint density at radius 2 is 1.55 bits per heavy atom. The largest absolute Gasteiger partial charge is 0.507 e. The summed E-state index contributed by atoms with van der Waals surface area (Å²) in [5.74, 6) is 0.0770. The minimum atomic E-state index is -4.06. The van der Waals surface area contributed by atoms with Gasteiger partial charge in [0.25, 0.3) is 0 Å². The van der Waals surface area contributed by atoms with E-state index in [1.165, 1.54) is 24.4 Å². The number of aryl methyl sites for hydroxylation is 2. The van der Waals surface area contributed by atoms with Crippen LogP contribution in [0.1, 0.15) is 75.8 Å². The predicted molar refractivity (Wildman–Crippen MR) is 163 cm³/mol. The van der Waals surface area contributed by atoms with Crippen LogP contribution < -0.4 is 9.61 Å². The maximum atomic E-state index is 12.8. The summed E-state index contributed by atoms with van der Waals surface area (Å²) in [6, 6.07) is 15.1. The van der Waals surface area contributed by atoms with Crippen molar-refractivity contribution in [3.63, 3.8) is 0 Å². The number of hydrogen-bond acceptors (Lipinski definition) is 6. The second-order valence-corrected chi connectivity index (χ2v) is 14.3. The first-order chi connectivity index (χ1) is 18.5. The molecular weight excluding hydrogens is 592 g/mol. The normalized spacial score (nSPS) is 12.5. The average Bonchev–Trinajstić information content (AvgIpc) is 2.83. The lowest BCUT2D eigenvalue weighted by molar-refractivity contribution is -0.121. The average molecular weight is 630 g/mol. The van der Waals surface area contributed by atoms with Gasteiger partial charge in [-0.3, -0.25) is 4.79 Å². The van der Waals surface area contributed by atoms with Crippen LogP contribution in [0.15, 0.2) is 69.1 Å². The molecule has 0 aliphatic rings. The molecule has 1 amide bonds. The minimum Gasteiger partial charge on any atom is -0.507 e. The van der Waals surface area contributed by atoms with Crippen LogP contribution >= 0.6 is 15.9 Å². The third-order valence-corrected chi connectivity index (χ3v) is 8.04. The summed E-state index contributed by atoms with van der Waals surface area (Å²) < 4.78 is 31.6. The van der Waals surface area contributed by atoms with E-state index in [1.807, 2.05) is 60.6 Å². The van der Waals surface area contributed by atoms with E-state index in [1.54, 1.807) is 24.3 Å². The van der Waals surface area contributed by atoms with Crippen molar-refractivity contribution in [1.29, 1.82) is 0 Å². The highest BCUT2D eigenvalue weighted by molar-refractivity contribution is 9.10. The molecule has 0 aliphatic heterocycles. The zero-order valence-electron chi connectivity index (χ0n) is 24.0. The topological polar surface area (TPSA) is 105 Å². The Hall–Kier alpha value is -3.17. The standard InChI is InChI=1S/C31H37BrN2O5S/c1-20-8-12-24(13-9-20)40(37,38)39-27-14-11-23(32)18-22(27)19-33-34-28(35)15-10-21-16-25(30(2,3)4)29(36)26(17-21)31(5,6)7/h8-9,11-14,16-19,36H,10,15H2,1-7H3,(H,34,35)/b33-19-. The Morgan fingerprint density at radius 1 is 0.975 bits per heavy atom. The number of amides is 1. The monoisotopic (exact) mass is 628 g/mol. The number of phenolic OH excluding ortho intramolecular Hbond substituents is 1. The van der Waals surface area contributed by atoms with Gasteiger partial charge in [-0.15, -0.1) is 0 Å². The lowest BCUT2D eigenvalue weighted by Gasteiger charge is -2.28. The molecule has 3 rings (SSSR count). The van der Waals surface area contributed by atoms with Crippen LogP contribution in [0.4, 0.5) is 0 Å². The smallest absolute Gasteiger partial charge is 0.339 e. The van der Waals surface area contributed by atoms with Gasteiger partial charge in [0.1, 0.15) is 10.6 Å². The zero-order valence-corrected chi connectivity index (χ0v) is 26.4. The molecule has 7 nitrogen and oxygen atoms in total. The summed E-state index contributed by atoms with van der Waals surface area (Å²) in [4.78, 5) is 12.7. The van der Waals surface area contributed by atoms with Gasteiger partial charge in [0.05, 0.1) is 6.21 Å². The molecule has 2 N–H and O–H groups in total. The Morgan fingerprint density at radius 3 is 2.10 bits per heavy atom. The first kappa shape index (κ1) is 31.4. The summed E-state index contributed by atoms with van der Waals surface area (Å²) in [6.45, 7) is 14.2. The molecule has 3 aromatic carbocycles. The van der Waals surface area contributed by atoms with E-state index in [9.17, 15) is 18.3 Å². The molecule has 0 heterocycles. The van der Waals surface area contributed by atoms with Crippen molar-refractivity contribution in [2.45, 2.75) is 77.0 Å². The second-order valence-electron chi connectivity index (χ2n) is 11.9. The predicted octanol–water partition coefficient (Wildman–Crippen LogP) is 6.91. The van der Waals surface area contributed by atoms with Crippen molar-refractivity contribution in [1.82, 2.24) is 5.43 Å². The molecular formula is C31H37BrN2O5S. The maximum absolute atomic E-state index is 12.8. The number of halogens is 1. The van der Waals surface area contributed by atoms with Crippen molar-refractivity contribution in [2.75, 3.05) is 0 Å². The minimum absolute atomic E-state index is 0.0377. The summed E-state index contributed by atoms with van der Waals surface area (Å²) in [7, 11) is -4.06. The Kier molecular flexibility index (Phi) is 9.52. The van der Waals surface area contributed by atoms with E-state index in [4.69, 9.17) is 4.18 Å². The third kappa shape index (κ3) is 8.17. The molecule has 0 saturated carbocycles.